The van der Waals surface area contributed by atoms with Crippen LogP contribution in [0.1, 0.15) is 6.42 Å². The van der Waals surface area contributed by atoms with Crippen LogP contribution in [-0.4, -0.2) is 50.7 Å². The van der Waals surface area contributed by atoms with Gasteiger partial charge >= 0.3 is 5.97 Å². The lowest BCUT2D eigenvalue weighted by Crippen LogP contribution is -2.14. The Bertz CT molecular complexity index is 243. The maximum Gasteiger partial charge on any atom is 0.311 e. The molecule has 0 heterocycles. The lowest BCUT2D eigenvalue weighted by atomic mass is 10.5. The van der Waals surface area contributed by atoms with Crippen LogP contribution in [0.25, 0.3) is 0 Å². The fourth-order valence-electron chi connectivity index (χ4n) is 0.712. The zero-order valence-electron chi connectivity index (χ0n) is 8.96. The summed E-state index contributed by atoms with van der Waals surface area (Å²) in [6.45, 7) is 0.226. The Morgan fingerprint density at radius 3 is 2.69 bits per heavy atom. The minimum Gasteiger partial charge on any atom is -0.463 e. The first-order valence-corrected chi connectivity index (χ1v) is 4.58. The highest BCUT2D eigenvalue weighted by Crippen LogP contribution is 1.85. The SMILES string of the molecule is C/N=C\CC(=O)OCCOCCO[N+](=O)[O-]. The minimum absolute atomic E-state index is 0.0783. The highest BCUT2D eigenvalue weighted by atomic mass is 17.0. The van der Waals surface area contributed by atoms with Crippen LogP contribution in [0.15, 0.2) is 4.99 Å². The van der Waals surface area contributed by atoms with E-state index in [1.165, 1.54) is 6.21 Å². The van der Waals surface area contributed by atoms with Crippen molar-refractivity contribution in [2.45, 2.75) is 6.42 Å². The van der Waals surface area contributed by atoms with E-state index in [4.69, 9.17) is 9.47 Å². The summed E-state index contributed by atoms with van der Waals surface area (Å²) in [6.07, 6.45) is 1.56. The van der Waals surface area contributed by atoms with Crippen molar-refractivity contribution in [3.8, 4) is 0 Å². The largest absolute Gasteiger partial charge is 0.463 e. The number of esters is 1. The molecule has 0 aliphatic carbocycles. The molecule has 0 radical (unpaired) electrons. The van der Waals surface area contributed by atoms with Crippen LogP contribution in [0.5, 0.6) is 0 Å². The van der Waals surface area contributed by atoms with Gasteiger partial charge in [-0.3, -0.25) is 4.79 Å². The number of hydrogen-bond acceptors (Lipinski definition) is 7. The van der Waals surface area contributed by atoms with Gasteiger partial charge in [0.1, 0.15) is 13.2 Å². The van der Waals surface area contributed by atoms with Gasteiger partial charge in [-0.15, -0.1) is 10.1 Å². The monoisotopic (exact) mass is 234 g/mol. The molecule has 0 fully saturated rings. The molecule has 0 unspecified atom stereocenters. The lowest BCUT2D eigenvalue weighted by molar-refractivity contribution is -0.758. The molecule has 0 aliphatic rings. The molecule has 0 aromatic carbocycles. The van der Waals surface area contributed by atoms with Gasteiger partial charge in [0.05, 0.1) is 19.6 Å². The Kier molecular flexibility index (Phi) is 8.79. The summed E-state index contributed by atoms with van der Waals surface area (Å²) >= 11 is 0. The quantitative estimate of drug-likeness (QED) is 0.181. The Morgan fingerprint density at radius 2 is 2.06 bits per heavy atom. The molecular weight excluding hydrogens is 220 g/mol. The molecule has 0 bridgehead atoms. The van der Waals surface area contributed by atoms with E-state index in [0.29, 0.717) is 0 Å². The van der Waals surface area contributed by atoms with Crippen LogP contribution >= 0.6 is 0 Å². The number of aliphatic imine (C=N–C) groups is 1. The van der Waals surface area contributed by atoms with E-state index in [-0.39, 0.29) is 32.8 Å². The van der Waals surface area contributed by atoms with Crippen LogP contribution in [0.2, 0.25) is 0 Å². The van der Waals surface area contributed by atoms with Crippen molar-refractivity contribution in [2.75, 3.05) is 33.5 Å². The number of ether oxygens (including phenoxy) is 2. The van der Waals surface area contributed by atoms with E-state index in [0.717, 1.165) is 0 Å². The van der Waals surface area contributed by atoms with Gasteiger partial charge < -0.3 is 19.3 Å². The summed E-state index contributed by atoms with van der Waals surface area (Å²) in [4.78, 5) is 28.2. The Hall–Kier alpha value is -1.70. The van der Waals surface area contributed by atoms with Crippen molar-refractivity contribution in [2.24, 2.45) is 4.99 Å². The zero-order chi connectivity index (χ0) is 12.2. The maximum absolute atomic E-state index is 10.9. The molecule has 0 amide bonds. The number of carbonyl (C=O) groups is 1. The Labute approximate surface area is 92.3 Å². The van der Waals surface area contributed by atoms with E-state index in [1.54, 1.807) is 7.05 Å². The number of nitrogens with zero attached hydrogens (tertiary/aromatic N) is 2. The predicted molar refractivity (Wildman–Crippen MR) is 53.8 cm³/mol. The number of carbonyl (C=O) groups excluding carboxylic acids is 1. The summed E-state index contributed by atoms with van der Waals surface area (Å²) in [5, 5.41) is 8.83. The zero-order valence-corrected chi connectivity index (χ0v) is 8.96. The third-order valence-electron chi connectivity index (χ3n) is 1.36. The van der Waals surface area contributed by atoms with Crippen LogP contribution < -0.4 is 0 Å². The van der Waals surface area contributed by atoms with Crippen molar-refractivity contribution in [1.29, 1.82) is 0 Å². The van der Waals surface area contributed by atoms with Crippen LogP contribution in [0.3, 0.4) is 0 Å². The smallest absolute Gasteiger partial charge is 0.311 e. The van der Waals surface area contributed by atoms with Crippen molar-refractivity contribution in [1.82, 2.24) is 0 Å². The topological polar surface area (TPSA) is 100 Å². The average Bonchev–Trinajstić information content (AvgIpc) is 2.24. The fraction of sp³-hybridized carbons (Fsp3) is 0.750. The van der Waals surface area contributed by atoms with Crippen molar-refractivity contribution < 1.29 is 24.2 Å². The molecule has 0 saturated carbocycles. The molecule has 0 atom stereocenters. The Balaban J connectivity index is 3.20. The molecule has 0 saturated heterocycles. The maximum atomic E-state index is 10.9. The van der Waals surface area contributed by atoms with Crippen LogP contribution in [-0.2, 0) is 19.1 Å². The first-order chi connectivity index (χ1) is 7.66. The minimum atomic E-state index is -0.895. The van der Waals surface area contributed by atoms with Gasteiger partial charge in [-0.1, -0.05) is 0 Å². The van der Waals surface area contributed by atoms with E-state index < -0.39 is 11.1 Å². The summed E-state index contributed by atoms with van der Waals surface area (Å²) in [7, 11) is 1.56. The molecule has 0 aliphatic heterocycles. The van der Waals surface area contributed by atoms with Crippen molar-refractivity contribution in [3.63, 3.8) is 0 Å². The van der Waals surface area contributed by atoms with Crippen LogP contribution in [0.4, 0.5) is 0 Å². The fourth-order valence-corrected chi connectivity index (χ4v) is 0.712. The van der Waals surface area contributed by atoms with Gasteiger partial charge in [-0.25, -0.2) is 0 Å². The average molecular weight is 234 g/mol. The second-order valence-electron chi connectivity index (χ2n) is 2.53. The second kappa shape index (κ2) is 9.84. The molecule has 8 heteroatoms. The first-order valence-electron chi connectivity index (χ1n) is 4.58. The van der Waals surface area contributed by atoms with E-state index in [9.17, 15) is 14.9 Å². The molecule has 16 heavy (non-hydrogen) atoms. The van der Waals surface area contributed by atoms with Crippen molar-refractivity contribution >= 4 is 12.2 Å². The number of hydrogen-bond donors (Lipinski definition) is 0. The molecular formula is C8H14N2O6. The number of rotatable bonds is 9. The Morgan fingerprint density at radius 1 is 1.38 bits per heavy atom. The van der Waals surface area contributed by atoms with Gasteiger partial charge in [0, 0.05) is 13.3 Å². The summed E-state index contributed by atoms with van der Waals surface area (Å²) in [5.41, 5.74) is 0. The first kappa shape index (κ1) is 14.3. The van der Waals surface area contributed by atoms with Crippen LogP contribution in [0, 0.1) is 10.1 Å². The van der Waals surface area contributed by atoms with Gasteiger partial charge in [0.2, 0.25) is 0 Å². The molecule has 0 aromatic heterocycles. The summed E-state index contributed by atoms with van der Waals surface area (Å²) in [5.74, 6) is -0.393. The standard InChI is InChI=1S/C8H14N2O6/c1-9-3-2-8(11)15-6-4-14-5-7-16-10(12)13/h3H,2,4-7H2,1H3/b9-3-. The molecule has 0 spiro atoms. The molecule has 92 valence electrons. The predicted octanol–water partition coefficient (Wildman–Crippen LogP) is -0.155. The van der Waals surface area contributed by atoms with Gasteiger partial charge in [0.15, 0.2) is 0 Å². The van der Waals surface area contributed by atoms with Gasteiger partial charge in [0.25, 0.3) is 5.09 Å². The molecule has 0 rings (SSSR count). The normalized spacial score (nSPS) is 10.3. The summed E-state index contributed by atoms with van der Waals surface area (Å²) < 4.78 is 9.64. The third-order valence-corrected chi connectivity index (χ3v) is 1.36. The van der Waals surface area contributed by atoms with Crippen molar-refractivity contribution in [3.05, 3.63) is 10.1 Å². The van der Waals surface area contributed by atoms with E-state index >= 15 is 0 Å². The molecule has 8 nitrogen and oxygen atoms in total. The molecule has 0 aromatic rings. The van der Waals surface area contributed by atoms with E-state index in [2.05, 4.69) is 9.83 Å². The second-order valence-corrected chi connectivity index (χ2v) is 2.53. The third kappa shape index (κ3) is 10.4. The summed E-state index contributed by atoms with van der Waals surface area (Å²) in [6, 6.07) is 0. The lowest BCUT2D eigenvalue weighted by Gasteiger charge is -2.04. The van der Waals surface area contributed by atoms with Gasteiger partial charge in [-0.2, -0.15) is 0 Å². The molecule has 0 N–H and O–H groups in total. The highest BCUT2D eigenvalue weighted by molar-refractivity contribution is 5.85. The van der Waals surface area contributed by atoms with E-state index in [1.807, 2.05) is 0 Å². The highest BCUT2D eigenvalue weighted by Gasteiger charge is 1.99. The van der Waals surface area contributed by atoms with Gasteiger partial charge in [-0.05, 0) is 0 Å².